The van der Waals surface area contributed by atoms with E-state index in [1.807, 2.05) is 0 Å². The van der Waals surface area contributed by atoms with Crippen LogP contribution in [0.1, 0.15) is 50.9 Å². The Labute approximate surface area is 98.0 Å². The lowest BCUT2D eigenvalue weighted by atomic mass is 9.93. The smallest absolute Gasteiger partial charge is 0.0624 e. The first kappa shape index (κ1) is 11.6. The predicted molar refractivity (Wildman–Crippen MR) is 66.4 cm³/mol. The molecule has 0 aromatic carbocycles. The van der Waals surface area contributed by atoms with Crippen molar-refractivity contribution in [2.24, 2.45) is 5.73 Å². The molecule has 1 aliphatic rings. The molecule has 90 valence electrons. The van der Waals surface area contributed by atoms with Gasteiger partial charge >= 0.3 is 0 Å². The highest BCUT2D eigenvalue weighted by Crippen LogP contribution is 2.30. The molecule has 1 aromatic rings. The summed E-state index contributed by atoms with van der Waals surface area (Å²) in [4.78, 5) is 0. The molecule has 1 aromatic heterocycles. The van der Waals surface area contributed by atoms with Crippen LogP contribution in [0.2, 0.25) is 0 Å². The largest absolute Gasteiger partial charge is 0.325 e. The van der Waals surface area contributed by atoms with Crippen LogP contribution in [0.3, 0.4) is 0 Å². The van der Waals surface area contributed by atoms with E-state index in [4.69, 9.17) is 5.73 Å². The summed E-state index contributed by atoms with van der Waals surface area (Å²) in [6.07, 6.45) is 6.92. The second kappa shape index (κ2) is 4.58. The zero-order valence-corrected chi connectivity index (χ0v) is 10.5. The third kappa shape index (κ3) is 2.29. The molecular formula is C13H23N3. The summed E-state index contributed by atoms with van der Waals surface area (Å²) in [6.45, 7) is 5.25. The Morgan fingerprint density at radius 1 is 1.38 bits per heavy atom. The minimum Gasteiger partial charge on any atom is -0.325 e. The fourth-order valence-electron chi connectivity index (χ4n) is 2.72. The van der Waals surface area contributed by atoms with E-state index in [0.717, 1.165) is 19.4 Å². The van der Waals surface area contributed by atoms with Gasteiger partial charge in [0.05, 0.1) is 5.69 Å². The standard InChI is InChI=1S/C13H23N3/c1-3-11-9-12(16(4-2)15-11)10-13(14)7-5-6-8-13/h9H,3-8,10,14H2,1-2H3. The van der Waals surface area contributed by atoms with Crippen molar-refractivity contribution in [2.75, 3.05) is 0 Å². The second-order valence-corrected chi connectivity index (χ2v) is 5.04. The Kier molecular flexibility index (Phi) is 3.33. The molecule has 1 saturated carbocycles. The van der Waals surface area contributed by atoms with E-state index >= 15 is 0 Å². The van der Waals surface area contributed by atoms with Crippen molar-refractivity contribution in [1.82, 2.24) is 9.78 Å². The van der Waals surface area contributed by atoms with E-state index in [9.17, 15) is 0 Å². The summed E-state index contributed by atoms with van der Waals surface area (Å²) in [5.74, 6) is 0. The molecule has 1 fully saturated rings. The molecule has 0 amide bonds. The van der Waals surface area contributed by atoms with Gasteiger partial charge in [0.15, 0.2) is 0 Å². The minimum atomic E-state index is 0.0396. The monoisotopic (exact) mass is 221 g/mol. The number of aryl methyl sites for hydroxylation is 2. The van der Waals surface area contributed by atoms with Crippen molar-refractivity contribution >= 4 is 0 Å². The third-order valence-electron chi connectivity index (χ3n) is 3.71. The summed E-state index contributed by atoms with van der Waals surface area (Å²) >= 11 is 0. The quantitative estimate of drug-likeness (QED) is 0.847. The van der Waals surface area contributed by atoms with E-state index < -0.39 is 0 Å². The molecule has 0 spiro atoms. The first-order chi connectivity index (χ1) is 7.67. The maximum Gasteiger partial charge on any atom is 0.0624 e. The zero-order valence-electron chi connectivity index (χ0n) is 10.5. The highest BCUT2D eigenvalue weighted by molar-refractivity contribution is 5.14. The molecule has 3 heteroatoms. The molecule has 0 aliphatic heterocycles. The van der Waals surface area contributed by atoms with Crippen LogP contribution in [0.25, 0.3) is 0 Å². The van der Waals surface area contributed by atoms with Crippen LogP contribution in [0.15, 0.2) is 6.07 Å². The van der Waals surface area contributed by atoms with Crippen LogP contribution < -0.4 is 5.73 Å². The molecule has 1 heterocycles. The lowest BCUT2D eigenvalue weighted by Gasteiger charge is -2.23. The average Bonchev–Trinajstić information content (AvgIpc) is 2.85. The number of nitrogens with two attached hydrogens (primary N) is 1. The molecule has 0 bridgehead atoms. The van der Waals surface area contributed by atoms with E-state index in [1.54, 1.807) is 0 Å². The number of rotatable bonds is 4. The van der Waals surface area contributed by atoms with Gasteiger partial charge in [-0.1, -0.05) is 19.8 Å². The number of hydrogen-bond donors (Lipinski definition) is 1. The number of hydrogen-bond acceptors (Lipinski definition) is 2. The van der Waals surface area contributed by atoms with Gasteiger partial charge in [-0.05, 0) is 32.3 Å². The molecule has 0 unspecified atom stereocenters. The number of nitrogens with zero attached hydrogens (tertiary/aromatic N) is 2. The maximum atomic E-state index is 6.42. The van der Waals surface area contributed by atoms with Gasteiger partial charge in [0.2, 0.25) is 0 Å². The fraction of sp³-hybridized carbons (Fsp3) is 0.769. The van der Waals surface area contributed by atoms with Gasteiger partial charge in [-0.2, -0.15) is 5.10 Å². The summed E-state index contributed by atoms with van der Waals surface area (Å²) in [5, 5.41) is 4.58. The summed E-state index contributed by atoms with van der Waals surface area (Å²) in [5.41, 5.74) is 8.98. The van der Waals surface area contributed by atoms with Gasteiger partial charge in [0.1, 0.15) is 0 Å². The molecule has 2 rings (SSSR count). The minimum absolute atomic E-state index is 0.0396. The SMILES string of the molecule is CCc1cc(CC2(N)CCCC2)n(CC)n1. The third-order valence-corrected chi connectivity index (χ3v) is 3.71. The van der Waals surface area contributed by atoms with E-state index in [-0.39, 0.29) is 5.54 Å². The molecule has 0 saturated heterocycles. The van der Waals surface area contributed by atoms with E-state index in [0.29, 0.717) is 0 Å². The molecule has 3 nitrogen and oxygen atoms in total. The van der Waals surface area contributed by atoms with Gasteiger partial charge in [0, 0.05) is 24.2 Å². The van der Waals surface area contributed by atoms with Crippen LogP contribution in [0.4, 0.5) is 0 Å². The number of aromatic nitrogens is 2. The van der Waals surface area contributed by atoms with Crippen molar-refractivity contribution in [3.8, 4) is 0 Å². The van der Waals surface area contributed by atoms with Crippen molar-refractivity contribution in [3.63, 3.8) is 0 Å². The topological polar surface area (TPSA) is 43.8 Å². The van der Waals surface area contributed by atoms with Gasteiger partial charge in [-0.15, -0.1) is 0 Å². The molecular weight excluding hydrogens is 198 g/mol. The normalized spacial score (nSPS) is 19.2. The van der Waals surface area contributed by atoms with E-state index in [1.165, 1.54) is 37.1 Å². The van der Waals surface area contributed by atoms with Crippen LogP contribution in [-0.4, -0.2) is 15.3 Å². The molecule has 0 radical (unpaired) electrons. The van der Waals surface area contributed by atoms with Gasteiger partial charge in [-0.3, -0.25) is 4.68 Å². The van der Waals surface area contributed by atoms with Crippen molar-refractivity contribution < 1.29 is 0 Å². The van der Waals surface area contributed by atoms with Crippen LogP contribution in [0.5, 0.6) is 0 Å². The Morgan fingerprint density at radius 2 is 2.06 bits per heavy atom. The van der Waals surface area contributed by atoms with Crippen LogP contribution >= 0.6 is 0 Å². The van der Waals surface area contributed by atoms with E-state index in [2.05, 4.69) is 29.7 Å². The molecule has 1 aliphatic carbocycles. The highest BCUT2D eigenvalue weighted by Gasteiger charge is 2.30. The fourth-order valence-corrected chi connectivity index (χ4v) is 2.72. The second-order valence-electron chi connectivity index (χ2n) is 5.04. The predicted octanol–water partition coefficient (Wildman–Crippen LogP) is 2.28. The lowest BCUT2D eigenvalue weighted by Crippen LogP contribution is -2.39. The summed E-state index contributed by atoms with van der Waals surface area (Å²) in [6, 6.07) is 2.23. The molecule has 2 N–H and O–H groups in total. The molecule has 16 heavy (non-hydrogen) atoms. The Morgan fingerprint density at radius 3 is 2.62 bits per heavy atom. The van der Waals surface area contributed by atoms with Gasteiger partial charge in [-0.25, -0.2) is 0 Å². The Balaban J connectivity index is 2.16. The van der Waals surface area contributed by atoms with Crippen LogP contribution in [0, 0.1) is 0 Å². The Hall–Kier alpha value is -0.830. The maximum absolute atomic E-state index is 6.42. The molecule has 0 atom stereocenters. The summed E-state index contributed by atoms with van der Waals surface area (Å²) in [7, 11) is 0. The highest BCUT2D eigenvalue weighted by atomic mass is 15.3. The van der Waals surface area contributed by atoms with Crippen LogP contribution in [-0.2, 0) is 19.4 Å². The average molecular weight is 221 g/mol. The van der Waals surface area contributed by atoms with Crippen molar-refractivity contribution in [2.45, 2.75) is 64.5 Å². The summed E-state index contributed by atoms with van der Waals surface area (Å²) < 4.78 is 2.12. The first-order valence-corrected chi connectivity index (χ1v) is 6.51. The lowest BCUT2D eigenvalue weighted by molar-refractivity contribution is 0.418. The zero-order chi connectivity index (χ0) is 11.6. The Bertz CT molecular complexity index is 348. The van der Waals surface area contributed by atoms with Gasteiger partial charge in [0.25, 0.3) is 0 Å². The van der Waals surface area contributed by atoms with Gasteiger partial charge < -0.3 is 5.73 Å². The first-order valence-electron chi connectivity index (χ1n) is 6.51. The van der Waals surface area contributed by atoms with Crippen molar-refractivity contribution in [3.05, 3.63) is 17.5 Å². The van der Waals surface area contributed by atoms with Crippen molar-refractivity contribution in [1.29, 1.82) is 0 Å².